The topological polar surface area (TPSA) is 51.6 Å². The maximum absolute atomic E-state index is 5.33. The number of benzene rings is 6. The molecule has 47 heavy (non-hydrogen) atoms. The van der Waals surface area contributed by atoms with Crippen LogP contribution in [0.1, 0.15) is 25.0 Å². The summed E-state index contributed by atoms with van der Waals surface area (Å²) >= 11 is 0. The highest BCUT2D eigenvalue weighted by molar-refractivity contribution is 6.01. The van der Waals surface area contributed by atoms with E-state index in [-0.39, 0.29) is 5.41 Å². The van der Waals surface area contributed by atoms with Crippen LogP contribution in [0.4, 0.5) is 0 Å². The molecule has 8 aromatic rings. The first-order chi connectivity index (χ1) is 23.0. The van der Waals surface area contributed by atoms with Crippen molar-refractivity contribution >= 4 is 21.7 Å². The van der Waals surface area contributed by atoms with Crippen LogP contribution in [0.2, 0.25) is 0 Å². The first kappa shape index (κ1) is 27.3. The van der Waals surface area contributed by atoms with Crippen LogP contribution < -0.4 is 0 Å². The first-order valence-corrected chi connectivity index (χ1v) is 16.0. The smallest absolute Gasteiger partial charge is 0.164 e. The Hall–Kier alpha value is -6.00. The molecule has 9 rings (SSSR count). The number of hydrogen-bond donors (Lipinski definition) is 0. The SMILES string of the molecule is CC1(C)c2ccccc2-c2cc3c(-c4nc(-c5ccccc5)nc(-c5ccccc5)n4)cc(-c4ccc5ccccc5c4)nc3cc21. The molecule has 1 aliphatic rings. The summed E-state index contributed by atoms with van der Waals surface area (Å²) in [6.45, 7) is 4.61. The quantitative estimate of drug-likeness (QED) is 0.201. The van der Waals surface area contributed by atoms with Crippen LogP contribution >= 0.6 is 0 Å². The summed E-state index contributed by atoms with van der Waals surface area (Å²) in [6, 6.07) is 50.8. The summed E-state index contributed by atoms with van der Waals surface area (Å²) in [5.41, 5.74) is 10.7. The fourth-order valence-corrected chi connectivity index (χ4v) is 7.03. The molecule has 222 valence electrons. The van der Waals surface area contributed by atoms with Gasteiger partial charge < -0.3 is 0 Å². The molecule has 4 nitrogen and oxygen atoms in total. The summed E-state index contributed by atoms with van der Waals surface area (Å²) in [4.78, 5) is 20.6. The molecule has 0 saturated carbocycles. The number of rotatable bonds is 4. The molecule has 0 radical (unpaired) electrons. The van der Waals surface area contributed by atoms with Crippen LogP contribution in [0.5, 0.6) is 0 Å². The Labute approximate surface area is 273 Å². The first-order valence-electron chi connectivity index (χ1n) is 16.0. The summed E-state index contributed by atoms with van der Waals surface area (Å²) in [5, 5.41) is 3.40. The molecule has 2 aromatic heterocycles. The summed E-state index contributed by atoms with van der Waals surface area (Å²) < 4.78 is 0. The van der Waals surface area contributed by atoms with Crippen molar-refractivity contribution in [1.29, 1.82) is 0 Å². The van der Waals surface area contributed by atoms with Gasteiger partial charge >= 0.3 is 0 Å². The average Bonchev–Trinajstić information content (AvgIpc) is 3.35. The number of nitrogens with zero attached hydrogens (tertiary/aromatic N) is 4. The van der Waals surface area contributed by atoms with Gasteiger partial charge in [-0.25, -0.2) is 19.9 Å². The molecular formula is C43H30N4. The minimum atomic E-state index is -0.144. The number of aromatic nitrogens is 4. The molecule has 0 bridgehead atoms. The van der Waals surface area contributed by atoms with Crippen LogP contribution in [0.15, 0.2) is 146 Å². The van der Waals surface area contributed by atoms with Gasteiger partial charge in [0.1, 0.15) is 0 Å². The van der Waals surface area contributed by atoms with Gasteiger partial charge in [-0.15, -0.1) is 0 Å². The van der Waals surface area contributed by atoms with Gasteiger partial charge in [0.2, 0.25) is 0 Å². The lowest BCUT2D eigenvalue weighted by Crippen LogP contribution is -2.14. The van der Waals surface area contributed by atoms with Crippen molar-refractivity contribution in [3.8, 4) is 56.5 Å². The van der Waals surface area contributed by atoms with E-state index in [1.807, 2.05) is 60.7 Å². The van der Waals surface area contributed by atoms with Gasteiger partial charge in [-0.05, 0) is 57.3 Å². The second kappa shape index (κ2) is 10.5. The molecule has 4 heteroatoms. The Morgan fingerprint density at radius 1 is 0.404 bits per heavy atom. The Bertz CT molecular complexity index is 2430. The van der Waals surface area contributed by atoms with E-state index in [4.69, 9.17) is 19.9 Å². The Balaban J connectivity index is 1.35. The second-order valence-corrected chi connectivity index (χ2v) is 12.7. The highest BCUT2D eigenvalue weighted by Gasteiger charge is 2.36. The van der Waals surface area contributed by atoms with Gasteiger partial charge in [0, 0.05) is 33.1 Å². The van der Waals surface area contributed by atoms with Crippen LogP contribution in [0, 0.1) is 0 Å². The molecule has 0 amide bonds. The third-order valence-corrected chi connectivity index (χ3v) is 9.50. The van der Waals surface area contributed by atoms with Gasteiger partial charge in [0.25, 0.3) is 0 Å². The van der Waals surface area contributed by atoms with Crippen molar-refractivity contribution < 1.29 is 0 Å². The van der Waals surface area contributed by atoms with Crippen LogP contribution in [0.25, 0.3) is 78.2 Å². The van der Waals surface area contributed by atoms with Crippen molar-refractivity contribution in [1.82, 2.24) is 19.9 Å². The summed E-state index contributed by atoms with van der Waals surface area (Å²) in [5.74, 6) is 1.90. The molecule has 6 aromatic carbocycles. The van der Waals surface area contributed by atoms with Crippen LogP contribution in [-0.4, -0.2) is 19.9 Å². The van der Waals surface area contributed by atoms with Crippen molar-refractivity contribution in [2.75, 3.05) is 0 Å². The zero-order chi connectivity index (χ0) is 31.5. The maximum Gasteiger partial charge on any atom is 0.164 e. The van der Waals surface area contributed by atoms with E-state index in [1.165, 1.54) is 33.0 Å². The molecule has 0 N–H and O–H groups in total. The normalized spacial score (nSPS) is 13.1. The predicted octanol–water partition coefficient (Wildman–Crippen LogP) is 10.5. The molecule has 0 fully saturated rings. The van der Waals surface area contributed by atoms with Gasteiger partial charge in [-0.1, -0.05) is 135 Å². The summed E-state index contributed by atoms with van der Waals surface area (Å²) in [7, 11) is 0. The molecule has 0 unspecified atom stereocenters. The third kappa shape index (κ3) is 4.52. The van der Waals surface area contributed by atoms with Gasteiger partial charge in [0.05, 0.1) is 11.2 Å². The lowest BCUT2D eigenvalue weighted by atomic mass is 9.82. The van der Waals surface area contributed by atoms with Crippen molar-refractivity contribution in [2.45, 2.75) is 19.3 Å². The highest BCUT2D eigenvalue weighted by Crippen LogP contribution is 2.50. The van der Waals surface area contributed by atoms with E-state index < -0.39 is 0 Å². The monoisotopic (exact) mass is 602 g/mol. The van der Waals surface area contributed by atoms with E-state index in [0.717, 1.165) is 38.9 Å². The van der Waals surface area contributed by atoms with E-state index in [1.54, 1.807) is 0 Å². The lowest BCUT2D eigenvalue weighted by molar-refractivity contribution is 0.661. The van der Waals surface area contributed by atoms with Crippen LogP contribution in [-0.2, 0) is 5.41 Å². The summed E-state index contributed by atoms with van der Waals surface area (Å²) in [6.07, 6.45) is 0. The van der Waals surface area contributed by atoms with Crippen molar-refractivity contribution in [2.24, 2.45) is 0 Å². The fourth-order valence-electron chi connectivity index (χ4n) is 7.03. The molecule has 0 aliphatic heterocycles. The highest BCUT2D eigenvalue weighted by atomic mass is 15.0. The van der Waals surface area contributed by atoms with Gasteiger partial charge in [-0.3, -0.25) is 0 Å². The molecular weight excluding hydrogens is 573 g/mol. The number of pyridine rings is 1. The molecule has 0 spiro atoms. The minimum Gasteiger partial charge on any atom is -0.248 e. The van der Waals surface area contributed by atoms with Gasteiger partial charge in [-0.2, -0.15) is 0 Å². The number of hydrogen-bond acceptors (Lipinski definition) is 4. The van der Waals surface area contributed by atoms with E-state index in [2.05, 4.69) is 98.8 Å². The molecule has 2 heterocycles. The third-order valence-electron chi connectivity index (χ3n) is 9.50. The average molecular weight is 603 g/mol. The van der Waals surface area contributed by atoms with Gasteiger partial charge in [0.15, 0.2) is 17.5 Å². The standard InChI is InChI=1S/C43H30N4/c1-43(2)36-20-12-11-19-32(36)33-24-34-35(25-38(44-39(34)26-37(33)43)31-22-21-27-13-9-10-18-30(27)23-31)42-46-40(28-14-5-3-6-15-28)45-41(47-42)29-16-7-4-8-17-29/h3-26H,1-2H3. The Kier molecular flexibility index (Phi) is 6.12. The van der Waals surface area contributed by atoms with E-state index in [9.17, 15) is 0 Å². The fraction of sp³-hybridized carbons (Fsp3) is 0.0698. The Morgan fingerprint density at radius 3 is 1.74 bits per heavy atom. The molecule has 0 atom stereocenters. The predicted molar refractivity (Wildman–Crippen MR) is 192 cm³/mol. The minimum absolute atomic E-state index is 0.144. The van der Waals surface area contributed by atoms with Crippen LogP contribution in [0.3, 0.4) is 0 Å². The largest absolute Gasteiger partial charge is 0.248 e. The Morgan fingerprint density at radius 2 is 1.02 bits per heavy atom. The van der Waals surface area contributed by atoms with E-state index >= 15 is 0 Å². The maximum atomic E-state index is 5.33. The van der Waals surface area contributed by atoms with E-state index in [0.29, 0.717) is 17.5 Å². The van der Waals surface area contributed by atoms with Crippen molar-refractivity contribution in [3.05, 3.63) is 157 Å². The number of fused-ring (bicyclic) bond motifs is 5. The molecule has 0 saturated heterocycles. The molecule has 1 aliphatic carbocycles. The lowest BCUT2D eigenvalue weighted by Gasteiger charge is -2.22. The zero-order valence-corrected chi connectivity index (χ0v) is 26.1. The second-order valence-electron chi connectivity index (χ2n) is 12.7. The van der Waals surface area contributed by atoms with Crippen molar-refractivity contribution in [3.63, 3.8) is 0 Å². The zero-order valence-electron chi connectivity index (χ0n) is 26.1.